The number of nitrogens with zero attached hydrogens (tertiary/aromatic N) is 2. The van der Waals surface area contributed by atoms with Crippen LogP contribution in [-0.2, 0) is 4.74 Å². The van der Waals surface area contributed by atoms with Gasteiger partial charge in [-0.2, -0.15) is 0 Å². The first-order valence-electron chi connectivity index (χ1n) is 11.2. The standard InChI is InChI=1S/C26H31N3O3/c1-5-13-31-21-8-6-7-19(14-21)20-15-22-23(17-28-24(22)27-16-20)18-9-11-29(12-10-18)25(30)32-26(2,3)4/h6-9,14-17H,5,10-13H2,1-4H3,(H,27,28). The lowest BCUT2D eigenvalue weighted by Crippen LogP contribution is -2.39. The van der Waals surface area contributed by atoms with Gasteiger partial charge in [-0.1, -0.05) is 25.1 Å². The van der Waals surface area contributed by atoms with E-state index in [1.54, 1.807) is 4.90 Å². The van der Waals surface area contributed by atoms with Crippen LogP contribution >= 0.6 is 0 Å². The first-order chi connectivity index (χ1) is 15.3. The van der Waals surface area contributed by atoms with Crippen molar-refractivity contribution in [3.63, 3.8) is 0 Å². The minimum atomic E-state index is -0.487. The molecule has 0 fully saturated rings. The van der Waals surface area contributed by atoms with E-state index in [-0.39, 0.29) is 6.09 Å². The Labute approximate surface area is 189 Å². The van der Waals surface area contributed by atoms with Gasteiger partial charge in [0.2, 0.25) is 0 Å². The summed E-state index contributed by atoms with van der Waals surface area (Å²) in [6.07, 6.45) is 7.50. The van der Waals surface area contributed by atoms with Gasteiger partial charge in [0.1, 0.15) is 17.0 Å². The lowest BCUT2D eigenvalue weighted by atomic mass is 9.98. The predicted octanol–water partition coefficient (Wildman–Crippen LogP) is 6.04. The largest absolute Gasteiger partial charge is 0.494 e. The van der Waals surface area contributed by atoms with Crippen molar-refractivity contribution in [1.29, 1.82) is 0 Å². The van der Waals surface area contributed by atoms with Crippen LogP contribution in [-0.4, -0.2) is 46.3 Å². The summed E-state index contributed by atoms with van der Waals surface area (Å²) in [5.74, 6) is 0.871. The summed E-state index contributed by atoms with van der Waals surface area (Å²) in [5, 5.41) is 1.08. The monoisotopic (exact) mass is 433 g/mol. The Morgan fingerprint density at radius 1 is 1.22 bits per heavy atom. The SMILES string of the molecule is CCCOc1cccc(-c2cnc3[nH]cc(C4=CCN(C(=O)OC(C)(C)C)CC4)c3c2)c1. The van der Waals surface area contributed by atoms with Gasteiger partial charge in [-0.15, -0.1) is 0 Å². The predicted molar refractivity (Wildman–Crippen MR) is 128 cm³/mol. The molecular weight excluding hydrogens is 402 g/mol. The van der Waals surface area contributed by atoms with Crippen LogP contribution in [0.1, 0.15) is 46.1 Å². The van der Waals surface area contributed by atoms with E-state index in [2.05, 4.69) is 41.2 Å². The normalized spacial score (nSPS) is 14.4. The Kier molecular flexibility index (Phi) is 6.21. The number of aromatic nitrogens is 2. The van der Waals surface area contributed by atoms with Crippen molar-refractivity contribution in [2.45, 2.75) is 46.1 Å². The van der Waals surface area contributed by atoms with Crippen LogP contribution in [0.3, 0.4) is 0 Å². The lowest BCUT2D eigenvalue weighted by molar-refractivity contribution is 0.0270. The summed E-state index contributed by atoms with van der Waals surface area (Å²) in [6, 6.07) is 10.3. The summed E-state index contributed by atoms with van der Waals surface area (Å²) in [4.78, 5) is 22.0. The number of rotatable bonds is 5. The molecule has 0 unspecified atom stereocenters. The summed E-state index contributed by atoms with van der Waals surface area (Å²) < 4.78 is 11.3. The number of carbonyl (C=O) groups is 1. The fourth-order valence-electron chi connectivity index (χ4n) is 3.82. The van der Waals surface area contributed by atoms with Crippen LogP contribution in [0.15, 0.2) is 48.8 Å². The van der Waals surface area contributed by atoms with E-state index in [0.29, 0.717) is 19.7 Å². The zero-order valence-corrected chi connectivity index (χ0v) is 19.3. The molecule has 32 heavy (non-hydrogen) atoms. The Morgan fingerprint density at radius 3 is 2.78 bits per heavy atom. The smallest absolute Gasteiger partial charge is 0.410 e. The number of hydrogen-bond acceptors (Lipinski definition) is 4. The molecule has 6 nitrogen and oxygen atoms in total. The van der Waals surface area contributed by atoms with Gasteiger partial charge in [0.25, 0.3) is 0 Å². The molecule has 3 aromatic rings. The van der Waals surface area contributed by atoms with Crippen molar-refractivity contribution < 1.29 is 14.3 Å². The van der Waals surface area contributed by atoms with Gasteiger partial charge in [0.05, 0.1) is 6.61 Å². The maximum Gasteiger partial charge on any atom is 0.410 e. The maximum atomic E-state index is 12.4. The fourth-order valence-corrected chi connectivity index (χ4v) is 3.82. The zero-order valence-electron chi connectivity index (χ0n) is 19.3. The topological polar surface area (TPSA) is 67.5 Å². The molecule has 168 valence electrons. The summed E-state index contributed by atoms with van der Waals surface area (Å²) in [6.45, 7) is 9.64. The number of fused-ring (bicyclic) bond motifs is 1. The van der Waals surface area contributed by atoms with Crippen molar-refractivity contribution in [2.75, 3.05) is 19.7 Å². The van der Waals surface area contributed by atoms with Crippen LogP contribution in [0.25, 0.3) is 27.7 Å². The highest BCUT2D eigenvalue weighted by Crippen LogP contribution is 2.32. The molecule has 1 aliphatic rings. The fraction of sp³-hybridized carbons (Fsp3) is 0.385. The molecule has 1 aromatic carbocycles. The van der Waals surface area contributed by atoms with Gasteiger partial charge >= 0.3 is 6.09 Å². The van der Waals surface area contributed by atoms with Gasteiger partial charge < -0.3 is 19.4 Å². The molecule has 0 spiro atoms. The van der Waals surface area contributed by atoms with Gasteiger partial charge in [-0.05, 0) is 62.9 Å². The van der Waals surface area contributed by atoms with Crippen LogP contribution < -0.4 is 4.74 Å². The highest BCUT2D eigenvalue weighted by molar-refractivity contribution is 5.93. The van der Waals surface area contributed by atoms with Crippen molar-refractivity contribution in [3.8, 4) is 16.9 Å². The molecule has 4 rings (SSSR count). The quantitative estimate of drug-likeness (QED) is 0.532. The number of hydrogen-bond donors (Lipinski definition) is 1. The third-order valence-electron chi connectivity index (χ3n) is 5.38. The highest BCUT2D eigenvalue weighted by atomic mass is 16.6. The second kappa shape index (κ2) is 9.07. The Bertz CT molecular complexity index is 1140. The Morgan fingerprint density at radius 2 is 2.06 bits per heavy atom. The minimum absolute atomic E-state index is 0.263. The second-order valence-corrected chi connectivity index (χ2v) is 9.10. The number of ether oxygens (including phenoxy) is 2. The van der Waals surface area contributed by atoms with E-state index in [1.807, 2.05) is 45.3 Å². The van der Waals surface area contributed by atoms with Gasteiger partial charge in [0.15, 0.2) is 0 Å². The molecule has 0 aliphatic carbocycles. The maximum absolute atomic E-state index is 12.4. The number of nitrogens with one attached hydrogen (secondary N) is 1. The van der Waals surface area contributed by atoms with E-state index in [4.69, 9.17) is 9.47 Å². The van der Waals surface area contributed by atoms with Crippen LogP contribution in [0.5, 0.6) is 5.75 Å². The molecule has 1 N–H and O–H groups in total. The highest BCUT2D eigenvalue weighted by Gasteiger charge is 2.24. The molecule has 3 heterocycles. The van der Waals surface area contributed by atoms with E-state index in [0.717, 1.165) is 46.3 Å². The number of aromatic amines is 1. The number of carbonyl (C=O) groups excluding carboxylic acids is 1. The molecule has 1 aliphatic heterocycles. The third-order valence-corrected chi connectivity index (χ3v) is 5.38. The van der Waals surface area contributed by atoms with Crippen molar-refractivity contribution in [1.82, 2.24) is 14.9 Å². The summed E-state index contributed by atoms with van der Waals surface area (Å²) >= 11 is 0. The molecule has 1 amide bonds. The van der Waals surface area contributed by atoms with E-state index in [9.17, 15) is 4.79 Å². The van der Waals surface area contributed by atoms with Crippen molar-refractivity contribution in [2.24, 2.45) is 0 Å². The molecule has 0 saturated carbocycles. The number of amides is 1. The number of benzene rings is 1. The first-order valence-corrected chi connectivity index (χ1v) is 11.2. The minimum Gasteiger partial charge on any atom is -0.494 e. The van der Waals surface area contributed by atoms with Gasteiger partial charge in [-0.3, -0.25) is 0 Å². The van der Waals surface area contributed by atoms with Crippen molar-refractivity contribution >= 4 is 22.7 Å². The van der Waals surface area contributed by atoms with Crippen LogP contribution in [0, 0.1) is 0 Å². The number of pyridine rings is 1. The average molecular weight is 434 g/mol. The van der Waals surface area contributed by atoms with E-state index in [1.165, 1.54) is 5.57 Å². The molecular formula is C26H31N3O3. The molecule has 0 bridgehead atoms. The molecule has 6 heteroatoms. The zero-order chi connectivity index (χ0) is 22.7. The summed E-state index contributed by atoms with van der Waals surface area (Å²) in [5.41, 5.74) is 4.85. The molecule has 0 atom stereocenters. The summed E-state index contributed by atoms with van der Waals surface area (Å²) in [7, 11) is 0. The van der Waals surface area contributed by atoms with Gasteiger partial charge in [-0.25, -0.2) is 9.78 Å². The molecule has 0 saturated heterocycles. The van der Waals surface area contributed by atoms with Crippen LogP contribution in [0.2, 0.25) is 0 Å². The lowest BCUT2D eigenvalue weighted by Gasteiger charge is -2.29. The van der Waals surface area contributed by atoms with Gasteiger partial charge in [0, 0.05) is 42.0 Å². The van der Waals surface area contributed by atoms with E-state index < -0.39 is 5.60 Å². The molecule has 2 aromatic heterocycles. The Hall–Kier alpha value is -3.28. The first kappa shape index (κ1) is 21.9. The average Bonchev–Trinajstić information content (AvgIpc) is 3.20. The van der Waals surface area contributed by atoms with Crippen LogP contribution in [0.4, 0.5) is 4.79 Å². The Balaban J connectivity index is 1.57. The number of H-pyrrole nitrogens is 1. The third kappa shape index (κ3) is 4.96. The van der Waals surface area contributed by atoms with E-state index >= 15 is 0 Å². The molecule has 0 radical (unpaired) electrons. The second-order valence-electron chi connectivity index (χ2n) is 9.10. The van der Waals surface area contributed by atoms with Crippen molar-refractivity contribution in [3.05, 3.63) is 54.4 Å².